The molecule has 2 unspecified atom stereocenters. The topological polar surface area (TPSA) is 46.2 Å². The summed E-state index contributed by atoms with van der Waals surface area (Å²) in [4.78, 5) is 0.484. The normalized spacial score (nSPS) is 23.7. The van der Waals surface area contributed by atoms with E-state index in [1.165, 1.54) is 0 Å². The van der Waals surface area contributed by atoms with Crippen LogP contribution in [0.15, 0.2) is 29.2 Å². The zero-order chi connectivity index (χ0) is 15.3. The number of hydrogen-bond acceptors (Lipinski definition) is 3. The Morgan fingerprint density at radius 3 is 2.67 bits per heavy atom. The SMILES string of the molecule is CCCNC1CCCCCC1S(=O)(=O)c1cccc(C)c1. The van der Waals surface area contributed by atoms with Crippen molar-refractivity contribution in [3.8, 4) is 0 Å². The van der Waals surface area contributed by atoms with Gasteiger partial charge < -0.3 is 5.32 Å². The van der Waals surface area contributed by atoms with Crippen LogP contribution in [0.4, 0.5) is 0 Å². The van der Waals surface area contributed by atoms with Gasteiger partial charge >= 0.3 is 0 Å². The molecule has 0 amide bonds. The molecule has 1 fully saturated rings. The van der Waals surface area contributed by atoms with Gasteiger partial charge in [0, 0.05) is 6.04 Å². The zero-order valence-electron chi connectivity index (χ0n) is 13.1. The highest BCUT2D eigenvalue weighted by Gasteiger charge is 2.35. The molecule has 1 N–H and O–H groups in total. The monoisotopic (exact) mass is 309 g/mol. The van der Waals surface area contributed by atoms with Crippen molar-refractivity contribution in [2.45, 2.75) is 68.6 Å². The van der Waals surface area contributed by atoms with E-state index < -0.39 is 9.84 Å². The molecule has 0 heterocycles. The molecular formula is C17H27NO2S. The third kappa shape index (κ3) is 4.07. The Hall–Kier alpha value is -0.870. The standard InChI is InChI=1S/C17H27NO2S/c1-3-12-18-16-10-5-4-6-11-17(16)21(19,20)15-9-7-8-14(2)13-15/h7-9,13,16-18H,3-6,10-12H2,1-2H3. The van der Waals surface area contributed by atoms with Gasteiger partial charge in [-0.2, -0.15) is 0 Å². The lowest BCUT2D eigenvalue weighted by atomic mass is 10.1. The highest BCUT2D eigenvalue weighted by molar-refractivity contribution is 7.92. The van der Waals surface area contributed by atoms with E-state index in [-0.39, 0.29) is 11.3 Å². The second-order valence-corrected chi connectivity index (χ2v) is 8.27. The van der Waals surface area contributed by atoms with Gasteiger partial charge in [-0.15, -0.1) is 0 Å². The molecule has 118 valence electrons. The van der Waals surface area contributed by atoms with Crippen LogP contribution in [0.3, 0.4) is 0 Å². The Labute approximate surface area is 129 Å². The van der Waals surface area contributed by atoms with Crippen molar-refractivity contribution < 1.29 is 8.42 Å². The lowest BCUT2D eigenvalue weighted by Crippen LogP contribution is -2.43. The maximum atomic E-state index is 13.0. The highest BCUT2D eigenvalue weighted by atomic mass is 32.2. The minimum absolute atomic E-state index is 0.0953. The van der Waals surface area contributed by atoms with Crippen LogP contribution < -0.4 is 5.32 Å². The fourth-order valence-electron chi connectivity index (χ4n) is 3.18. The van der Waals surface area contributed by atoms with E-state index in [1.807, 2.05) is 19.1 Å². The van der Waals surface area contributed by atoms with E-state index in [0.29, 0.717) is 4.90 Å². The molecule has 0 saturated heterocycles. The van der Waals surface area contributed by atoms with Gasteiger partial charge in [0.1, 0.15) is 0 Å². The van der Waals surface area contributed by atoms with E-state index >= 15 is 0 Å². The number of benzene rings is 1. The minimum Gasteiger partial charge on any atom is -0.313 e. The minimum atomic E-state index is -3.25. The molecule has 2 rings (SSSR count). The summed E-state index contributed by atoms with van der Waals surface area (Å²) in [5.41, 5.74) is 1.00. The summed E-state index contributed by atoms with van der Waals surface area (Å²) >= 11 is 0. The van der Waals surface area contributed by atoms with E-state index in [4.69, 9.17) is 0 Å². The highest BCUT2D eigenvalue weighted by Crippen LogP contribution is 2.28. The van der Waals surface area contributed by atoms with Crippen LogP contribution in [0.1, 0.15) is 51.0 Å². The Bertz CT molecular complexity index is 554. The third-order valence-corrected chi connectivity index (χ3v) is 6.60. The zero-order valence-corrected chi connectivity index (χ0v) is 14.0. The van der Waals surface area contributed by atoms with E-state index in [1.54, 1.807) is 12.1 Å². The van der Waals surface area contributed by atoms with Crippen LogP contribution in [-0.4, -0.2) is 26.3 Å². The van der Waals surface area contributed by atoms with Crippen LogP contribution in [0.2, 0.25) is 0 Å². The smallest absolute Gasteiger partial charge is 0.182 e. The van der Waals surface area contributed by atoms with Gasteiger partial charge in [0.2, 0.25) is 0 Å². The number of sulfone groups is 1. The van der Waals surface area contributed by atoms with Crippen molar-refractivity contribution in [1.82, 2.24) is 5.32 Å². The Kier molecular flexibility index (Phi) is 5.82. The Morgan fingerprint density at radius 1 is 1.19 bits per heavy atom. The van der Waals surface area contributed by atoms with E-state index in [0.717, 1.165) is 50.6 Å². The largest absolute Gasteiger partial charge is 0.313 e. The van der Waals surface area contributed by atoms with Gasteiger partial charge in [-0.05, 0) is 50.4 Å². The van der Waals surface area contributed by atoms with Gasteiger partial charge in [-0.3, -0.25) is 0 Å². The van der Waals surface area contributed by atoms with Crippen molar-refractivity contribution in [3.05, 3.63) is 29.8 Å². The lowest BCUT2D eigenvalue weighted by molar-refractivity contribution is 0.450. The van der Waals surface area contributed by atoms with Crippen molar-refractivity contribution in [2.75, 3.05) is 6.54 Å². The fourth-order valence-corrected chi connectivity index (χ4v) is 5.29. The predicted molar refractivity (Wildman–Crippen MR) is 87.3 cm³/mol. The van der Waals surface area contributed by atoms with Crippen LogP contribution in [0.25, 0.3) is 0 Å². The summed E-state index contributed by atoms with van der Waals surface area (Å²) in [6.45, 7) is 4.96. The molecule has 1 aliphatic carbocycles. The van der Waals surface area contributed by atoms with Crippen molar-refractivity contribution in [1.29, 1.82) is 0 Å². The molecule has 0 radical (unpaired) electrons. The third-order valence-electron chi connectivity index (χ3n) is 4.33. The molecule has 1 saturated carbocycles. The summed E-state index contributed by atoms with van der Waals surface area (Å²) in [7, 11) is -3.25. The van der Waals surface area contributed by atoms with Gasteiger partial charge in [-0.25, -0.2) is 8.42 Å². The summed E-state index contributed by atoms with van der Waals surface area (Å²) in [5, 5.41) is 3.19. The summed E-state index contributed by atoms with van der Waals surface area (Å²) < 4.78 is 26.1. The first-order valence-corrected chi connectivity index (χ1v) is 9.64. The van der Waals surface area contributed by atoms with E-state index in [2.05, 4.69) is 12.2 Å². The first-order chi connectivity index (χ1) is 10.1. The lowest BCUT2D eigenvalue weighted by Gasteiger charge is -2.26. The maximum absolute atomic E-state index is 13.0. The first-order valence-electron chi connectivity index (χ1n) is 8.09. The number of rotatable bonds is 5. The van der Waals surface area contributed by atoms with Gasteiger partial charge in [0.05, 0.1) is 10.1 Å². The number of nitrogens with one attached hydrogen (secondary N) is 1. The first kappa shape index (κ1) is 16.5. The van der Waals surface area contributed by atoms with Gasteiger partial charge in [-0.1, -0.05) is 38.3 Å². The second-order valence-electron chi connectivity index (χ2n) is 6.10. The molecular weight excluding hydrogens is 282 g/mol. The van der Waals surface area contributed by atoms with Gasteiger partial charge in [0.15, 0.2) is 9.84 Å². The molecule has 2 atom stereocenters. The fraction of sp³-hybridized carbons (Fsp3) is 0.647. The molecule has 1 aromatic rings. The molecule has 0 aliphatic heterocycles. The molecule has 21 heavy (non-hydrogen) atoms. The molecule has 3 nitrogen and oxygen atoms in total. The molecule has 0 bridgehead atoms. The average Bonchev–Trinajstić information content (AvgIpc) is 2.71. The van der Waals surface area contributed by atoms with Crippen LogP contribution in [0.5, 0.6) is 0 Å². The Balaban J connectivity index is 2.29. The summed E-state index contributed by atoms with van der Waals surface area (Å²) in [5.74, 6) is 0. The van der Waals surface area contributed by atoms with Crippen molar-refractivity contribution >= 4 is 9.84 Å². The number of aryl methyl sites for hydroxylation is 1. The van der Waals surface area contributed by atoms with Crippen LogP contribution in [0, 0.1) is 6.92 Å². The van der Waals surface area contributed by atoms with Crippen LogP contribution in [-0.2, 0) is 9.84 Å². The summed E-state index contributed by atoms with van der Waals surface area (Å²) in [6.07, 6.45) is 6.06. The average molecular weight is 309 g/mol. The number of hydrogen-bond donors (Lipinski definition) is 1. The van der Waals surface area contributed by atoms with E-state index in [9.17, 15) is 8.42 Å². The van der Waals surface area contributed by atoms with Crippen molar-refractivity contribution in [2.24, 2.45) is 0 Å². The maximum Gasteiger partial charge on any atom is 0.182 e. The molecule has 1 aliphatic rings. The van der Waals surface area contributed by atoms with Crippen molar-refractivity contribution in [3.63, 3.8) is 0 Å². The van der Waals surface area contributed by atoms with Crippen LogP contribution >= 0.6 is 0 Å². The molecule has 0 spiro atoms. The molecule has 0 aromatic heterocycles. The Morgan fingerprint density at radius 2 is 1.95 bits per heavy atom. The second kappa shape index (κ2) is 7.41. The molecule has 1 aromatic carbocycles. The molecule has 4 heteroatoms. The quantitative estimate of drug-likeness (QED) is 0.847. The predicted octanol–water partition coefficient (Wildman–Crippen LogP) is 3.47. The van der Waals surface area contributed by atoms with Gasteiger partial charge in [0.25, 0.3) is 0 Å². The summed E-state index contributed by atoms with van der Waals surface area (Å²) in [6, 6.07) is 7.42.